The molecule has 3 aromatic rings. The van der Waals surface area contributed by atoms with Crippen molar-refractivity contribution >= 4 is 27.5 Å². The Bertz CT molecular complexity index is 1450. The molecule has 0 heterocycles. The first-order valence-electron chi connectivity index (χ1n) is 14.5. The minimum Gasteiger partial charge on any atom is -0.352 e. The highest BCUT2D eigenvalue weighted by atomic mass is 32.2. The third-order valence-electron chi connectivity index (χ3n) is 7.41. The molecule has 0 aliphatic rings. The molecule has 8 heteroatoms. The van der Waals surface area contributed by atoms with Gasteiger partial charge < -0.3 is 10.2 Å². The van der Waals surface area contributed by atoms with Crippen molar-refractivity contribution < 1.29 is 18.0 Å². The number of anilines is 1. The fourth-order valence-electron chi connectivity index (χ4n) is 4.74. The van der Waals surface area contributed by atoms with E-state index in [1.165, 1.54) is 4.90 Å². The molecule has 3 aromatic carbocycles. The molecule has 0 aromatic heterocycles. The van der Waals surface area contributed by atoms with Crippen LogP contribution < -0.4 is 9.62 Å². The molecule has 0 saturated heterocycles. The fourth-order valence-corrected chi connectivity index (χ4v) is 5.59. The number of carbonyl (C=O) groups is 2. The first-order chi connectivity index (χ1) is 19.7. The normalized spacial score (nSPS) is 13.2. The molecule has 0 radical (unpaired) electrons. The second kappa shape index (κ2) is 14.0. The Morgan fingerprint density at radius 1 is 0.905 bits per heavy atom. The second-order valence-electron chi connectivity index (χ2n) is 12.1. The lowest BCUT2D eigenvalue weighted by Crippen LogP contribution is -2.54. The zero-order chi connectivity index (χ0) is 31.1. The lowest BCUT2D eigenvalue weighted by atomic mass is 9.87. The van der Waals surface area contributed by atoms with Crippen molar-refractivity contribution in [2.24, 2.45) is 0 Å². The maximum absolute atomic E-state index is 14.2. The van der Waals surface area contributed by atoms with Crippen molar-refractivity contribution in [3.05, 3.63) is 101 Å². The molecule has 0 fully saturated rings. The van der Waals surface area contributed by atoms with Gasteiger partial charge in [-0.2, -0.15) is 0 Å². The number of nitrogens with one attached hydrogen (secondary N) is 1. The zero-order valence-electron chi connectivity index (χ0n) is 25.9. The molecular formula is C34H45N3O4S. The summed E-state index contributed by atoms with van der Waals surface area (Å²) in [5.41, 5.74) is 4.14. The topological polar surface area (TPSA) is 86.8 Å². The van der Waals surface area contributed by atoms with Crippen molar-refractivity contribution in [2.45, 2.75) is 78.4 Å². The molecule has 2 atom stereocenters. The molecule has 7 nitrogen and oxygen atoms in total. The van der Waals surface area contributed by atoms with Crippen LogP contribution in [0, 0.1) is 6.92 Å². The van der Waals surface area contributed by atoms with E-state index in [2.05, 4.69) is 26.1 Å². The van der Waals surface area contributed by atoms with E-state index in [1.807, 2.05) is 87.5 Å². The number of nitrogens with zero attached hydrogens (tertiary/aromatic N) is 2. The van der Waals surface area contributed by atoms with Crippen LogP contribution in [0.1, 0.15) is 63.3 Å². The quantitative estimate of drug-likeness (QED) is 0.297. The van der Waals surface area contributed by atoms with Gasteiger partial charge in [0.15, 0.2) is 0 Å². The first kappa shape index (κ1) is 32.9. The Morgan fingerprint density at radius 3 is 2.07 bits per heavy atom. The highest BCUT2D eigenvalue weighted by Gasteiger charge is 2.33. The number of hydrogen-bond acceptors (Lipinski definition) is 4. The van der Waals surface area contributed by atoms with Crippen LogP contribution in [0.2, 0.25) is 0 Å². The van der Waals surface area contributed by atoms with E-state index < -0.39 is 28.5 Å². The highest BCUT2D eigenvalue weighted by molar-refractivity contribution is 7.92. The monoisotopic (exact) mass is 591 g/mol. The summed E-state index contributed by atoms with van der Waals surface area (Å²) in [5.74, 6) is -0.725. The molecular weight excluding hydrogens is 546 g/mol. The smallest absolute Gasteiger partial charge is 0.244 e. The van der Waals surface area contributed by atoms with Crippen molar-refractivity contribution in [3.8, 4) is 0 Å². The van der Waals surface area contributed by atoms with E-state index in [9.17, 15) is 18.0 Å². The average Bonchev–Trinajstić information content (AvgIpc) is 2.93. The number of amides is 2. The Morgan fingerprint density at radius 2 is 1.52 bits per heavy atom. The minimum absolute atomic E-state index is 0.0828. The van der Waals surface area contributed by atoms with Gasteiger partial charge in [-0.3, -0.25) is 13.9 Å². The summed E-state index contributed by atoms with van der Waals surface area (Å²) < 4.78 is 27.2. The summed E-state index contributed by atoms with van der Waals surface area (Å²) in [5, 5.41) is 3.05. The van der Waals surface area contributed by atoms with Gasteiger partial charge in [-0.25, -0.2) is 8.42 Å². The van der Waals surface area contributed by atoms with Crippen LogP contribution >= 0.6 is 0 Å². The van der Waals surface area contributed by atoms with E-state index in [-0.39, 0.29) is 23.9 Å². The molecule has 2 unspecified atom stereocenters. The van der Waals surface area contributed by atoms with Crippen LogP contribution in [0.5, 0.6) is 0 Å². The summed E-state index contributed by atoms with van der Waals surface area (Å²) >= 11 is 0. The maximum atomic E-state index is 14.2. The Hall–Kier alpha value is -3.65. The lowest BCUT2D eigenvalue weighted by Gasteiger charge is -2.34. The maximum Gasteiger partial charge on any atom is 0.244 e. The van der Waals surface area contributed by atoms with Crippen LogP contribution in [0.15, 0.2) is 78.9 Å². The standard InChI is InChI=1S/C34H45N3O4S/c1-8-26(3)35-33(39)31(22-27-14-10-9-11-15-27)36(23-28-16-12-13-25(2)21-28)32(38)24-37(42(7,40)41)30-19-17-29(18-20-30)34(4,5)6/h9-21,26,31H,8,22-24H2,1-7H3,(H,35,39). The van der Waals surface area contributed by atoms with Gasteiger partial charge in [0.2, 0.25) is 21.8 Å². The number of benzene rings is 3. The van der Waals surface area contributed by atoms with Crippen molar-refractivity contribution in [1.82, 2.24) is 10.2 Å². The van der Waals surface area contributed by atoms with Gasteiger partial charge in [0.05, 0.1) is 11.9 Å². The Kier molecular flexibility index (Phi) is 11.0. The van der Waals surface area contributed by atoms with E-state index in [4.69, 9.17) is 0 Å². The number of carbonyl (C=O) groups excluding carboxylic acids is 2. The zero-order valence-corrected chi connectivity index (χ0v) is 26.7. The summed E-state index contributed by atoms with van der Waals surface area (Å²) in [7, 11) is -3.82. The van der Waals surface area contributed by atoms with Crippen LogP contribution in [0.4, 0.5) is 5.69 Å². The Balaban J connectivity index is 2.06. The van der Waals surface area contributed by atoms with Crippen LogP contribution in [-0.4, -0.2) is 50.0 Å². The van der Waals surface area contributed by atoms with Gasteiger partial charge in [0, 0.05) is 19.0 Å². The van der Waals surface area contributed by atoms with E-state index in [0.717, 1.165) is 39.2 Å². The van der Waals surface area contributed by atoms with Crippen molar-refractivity contribution in [1.29, 1.82) is 0 Å². The van der Waals surface area contributed by atoms with Gasteiger partial charge in [0.25, 0.3) is 0 Å². The molecule has 0 aliphatic heterocycles. The lowest BCUT2D eigenvalue weighted by molar-refractivity contribution is -0.140. The highest BCUT2D eigenvalue weighted by Crippen LogP contribution is 2.26. The fraction of sp³-hybridized carbons (Fsp3) is 0.412. The second-order valence-corrected chi connectivity index (χ2v) is 14.0. The summed E-state index contributed by atoms with van der Waals surface area (Å²) in [4.78, 5) is 29.5. The van der Waals surface area contributed by atoms with E-state index >= 15 is 0 Å². The van der Waals surface area contributed by atoms with Crippen LogP contribution in [0.25, 0.3) is 0 Å². The minimum atomic E-state index is -3.82. The summed E-state index contributed by atoms with van der Waals surface area (Å²) in [6.45, 7) is 11.9. The van der Waals surface area contributed by atoms with Gasteiger partial charge >= 0.3 is 0 Å². The molecule has 0 spiro atoms. The molecule has 2 amide bonds. The predicted molar refractivity (Wildman–Crippen MR) is 171 cm³/mol. The van der Waals surface area contributed by atoms with Gasteiger partial charge in [-0.15, -0.1) is 0 Å². The Labute approximate surface area is 252 Å². The molecule has 226 valence electrons. The first-order valence-corrected chi connectivity index (χ1v) is 16.3. The number of hydrogen-bond donors (Lipinski definition) is 1. The molecule has 3 rings (SSSR count). The third-order valence-corrected chi connectivity index (χ3v) is 8.55. The van der Waals surface area contributed by atoms with Crippen LogP contribution in [-0.2, 0) is 38.0 Å². The van der Waals surface area contributed by atoms with Crippen molar-refractivity contribution in [3.63, 3.8) is 0 Å². The molecule has 1 N–H and O–H groups in total. The third kappa shape index (κ3) is 9.18. The SMILES string of the molecule is CCC(C)NC(=O)C(Cc1ccccc1)N(Cc1cccc(C)c1)C(=O)CN(c1ccc(C(C)(C)C)cc1)S(C)(=O)=O. The average molecular weight is 592 g/mol. The van der Waals surface area contributed by atoms with Gasteiger partial charge in [0.1, 0.15) is 12.6 Å². The summed E-state index contributed by atoms with van der Waals surface area (Å²) in [6, 6.07) is 23.7. The molecule has 0 saturated carbocycles. The van der Waals surface area contributed by atoms with E-state index in [1.54, 1.807) is 12.1 Å². The number of rotatable bonds is 12. The predicted octanol–water partition coefficient (Wildman–Crippen LogP) is 5.61. The number of aryl methyl sites for hydroxylation is 1. The summed E-state index contributed by atoms with van der Waals surface area (Å²) in [6.07, 6.45) is 2.13. The molecule has 42 heavy (non-hydrogen) atoms. The largest absolute Gasteiger partial charge is 0.352 e. The van der Waals surface area contributed by atoms with Gasteiger partial charge in [-0.05, 0) is 54.5 Å². The number of sulfonamides is 1. The molecule has 0 bridgehead atoms. The van der Waals surface area contributed by atoms with Crippen molar-refractivity contribution in [2.75, 3.05) is 17.1 Å². The van der Waals surface area contributed by atoms with Crippen LogP contribution in [0.3, 0.4) is 0 Å². The van der Waals surface area contributed by atoms with E-state index in [0.29, 0.717) is 12.1 Å². The van der Waals surface area contributed by atoms with Gasteiger partial charge in [-0.1, -0.05) is 100.0 Å². The molecule has 0 aliphatic carbocycles.